The number of hydrogen-bond donors (Lipinski definition) is 1. The third kappa shape index (κ3) is 6.50. The smallest absolute Gasteiger partial charge is 0.209 e. The molecule has 0 aromatic carbocycles. The summed E-state index contributed by atoms with van der Waals surface area (Å²) in [6, 6.07) is 0. The first-order valence-corrected chi connectivity index (χ1v) is 2.97. The van der Waals surface area contributed by atoms with E-state index in [1.165, 1.54) is 13.8 Å². The second kappa shape index (κ2) is 2.87. The quantitative estimate of drug-likeness (QED) is 0.488. The van der Waals surface area contributed by atoms with Gasteiger partial charge in [0.1, 0.15) is 0 Å². The minimum Gasteiger partial charge on any atom is -0.366 e. The van der Waals surface area contributed by atoms with Crippen LogP contribution in [0.2, 0.25) is 0 Å². The van der Waals surface area contributed by atoms with Gasteiger partial charge in [-0.3, -0.25) is 0 Å². The molecule has 0 radical (unpaired) electrons. The fourth-order valence-corrected chi connectivity index (χ4v) is 0.654. The summed E-state index contributed by atoms with van der Waals surface area (Å²) >= 11 is 10.3. The van der Waals surface area contributed by atoms with Gasteiger partial charge in [0.25, 0.3) is 0 Å². The average molecular weight is 159 g/mol. The van der Waals surface area contributed by atoms with Gasteiger partial charge in [-0.2, -0.15) is 0 Å². The molecule has 4 heteroatoms. The second-order valence-corrected chi connectivity index (χ2v) is 2.84. The van der Waals surface area contributed by atoms with E-state index >= 15 is 0 Å². The van der Waals surface area contributed by atoms with Gasteiger partial charge in [0.05, 0.1) is 0 Å². The van der Waals surface area contributed by atoms with Crippen LogP contribution in [-0.2, 0) is 4.74 Å². The molecular formula is C4H8Cl2O2. The molecule has 0 aliphatic heterocycles. The van der Waals surface area contributed by atoms with Crippen LogP contribution in [0.5, 0.6) is 0 Å². The Morgan fingerprint density at radius 3 is 1.88 bits per heavy atom. The minimum atomic E-state index is -1.24. The van der Waals surface area contributed by atoms with Crippen molar-refractivity contribution in [2.24, 2.45) is 0 Å². The average Bonchev–Trinajstić information content (AvgIpc) is 1.21. The first kappa shape index (κ1) is 8.50. The molecule has 50 valence electrons. The molecule has 8 heavy (non-hydrogen) atoms. The molecule has 0 aliphatic rings. The number of halogens is 2. The Bertz CT molecular complexity index is 66.9. The topological polar surface area (TPSA) is 29.5 Å². The van der Waals surface area contributed by atoms with Gasteiger partial charge in [-0.05, 0) is 13.8 Å². The van der Waals surface area contributed by atoms with Crippen molar-refractivity contribution in [3.63, 3.8) is 0 Å². The highest BCUT2D eigenvalue weighted by molar-refractivity contribution is 6.43. The molecule has 0 saturated carbocycles. The molecule has 0 atom stereocenters. The van der Waals surface area contributed by atoms with Gasteiger partial charge >= 0.3 is 0 Å². The van der Waals surface area contributed by atoms with Crippen molar-refractivity contribution in [1.82, 2.24) is 0 Å². The number of alkyl halides is 2. The van der Waals surface area contributed by atoms with E-state index in [0.29, 0.717) is 0 Å². The number of hydrogen-bond acceptors (Lipinski definition) is 2. The summed E-state index contributed by atoms with van der Waals surface area (Å²) < 4.78 is 4.52. The first-order chi connectivity index (χ1) is 3.42. The molecule has 0 bridgehead atoms. The lowest BCUT2D eigenvalue weighted by molar-refractivity contribution is -0.171. The van der Waals surface area contributed by atoms with Crippen molar-refractivity contribution < 1.29 is 9.84 Å². The second-order valence-electron chi connectivity index (χ2n) is 1.83. The fourth-order valence-electron chi connectivity index (χ4n) is 0.218. The van der Waals surface area contributed by atoms with Crippen LogP contribution in [0, 0.1) is 0 Å². The van der Waals surface area contributed by atoms with E-state index in [9.17, 15) is 0 Å². The van der Waals surface area contributed by atoms with Crippen molar-refractivity contribution in [3.05, 3.63) is 0 Å². The summed E-state index contributed by atoms with van der Waals surface area (Å²) in [6.07, 6.45) is 0. The lowest BCUT2D eigenvalue weighted by Crippen LogP contribution is -2.24. The molecule has 0 spiro atoms. The van der Waals surface area contributed by atoms with E-state index in [2.05, 4.69) is 4.74 Å². The van der Waals surface area contributed by atoms with Crippen molar-refractivity contribution in [2.75, 3.05) is 0 Å². The summed E-state index contributed by atoms with van der Waals surface area (Å²) in [7, 11) is 0. The van der Waals surface area contributed by atoms with Crippen LogP contribution in [0.3, 0.4) is 0 Å². The van der Waals surface area contributed by atoms with E-state index in [1.54, 1.807) is 0 Å². The number of ether oxygens (including phenoxy) is 1. The molecule has 0 amide bonds. The third-order valence-corrected chi connectivity index (χ3v) is 0.556. The van der Waals surface area contributed by atoms with Crippen molar-refractivity contribution >= 4 is 23.2 Å². The summed E-state index contributed by atoms with van der Waals surface area (Å²) in [6.45, 7) is 2.90. The van der Waals surface area contributed by atoms with E-state index in [-0.39, 0.29) is 0 Å². The molecule has 0 saturated heterocycles. The Kier molecular flexibility index (Phi) is 3.05. The molecule has 0 aromatic heterocycles. The Labute approximate surface area is 58.3 Å². The van der Waals surface area contributed by atoms with Crippen molar-refractivity contribution in [2.45, 2.75) is 24.7 Å². The molecule has 2 nitrogen and oxygen atoms in total. The summed E-state index contributed by atoms with van der Waals surface area (Å²) in [5.41, 5.74) is 0. The summed E-state index contributed by atoms with van der Waals surface area (Å²) in [4.78, 5) is 0. The molecule has 0 unspecified atom stereocenters. The monoisotopic (exact) mass is 158 g/mol. The maximum atomic E-state index is 8.80. The van der Waals surface area contributed by atoms with E-state index in [4.69, 9.17) is 28.3 Å². The molecule has 0 fully saturated rings. The highest BCUT2D eigenvalue weighted by Gasteiger charge is 2.15. The highest BCUT2D eigenvalue weighted by Crippen LogP contribution is 2.13. The van der Waals surface area contributed by atoms with Gasteiger partial charge < -0.3 is 9.84 Å². The number of rotatable bonds is 2. The zero-order chi connectivity index (χ0) is 6.78. The lowest BCUT2D eigenvalue weighted by Gasteiger charge is -2.17. The molecular weight excluding hydrogens is 151 g/mol. The van der Waals surface area contributed by atoms with Crippen LogP contribution in [0.25, 0.3) is 0 Å². The van der Waals surface area contributed by atoms with Gasteiger partial charge in [0, 0.05) is 0 Å². The normalized spacial score (nSPS) is 12.8. The maximum Gasteiger partial charge on any atom is 0.209 e. The third-order valence-electron chi connectivity index (χ3n) is 0.377. The SMILES string of the molecule is CC(C)(O)OC(Cl)Cl. The Morgan fingerprint density at radius 2 is 1.88 bits per heavy atom. The Balaban J connectivity index is 3.39. The predicted molar refractivity (Wildman–Crippen MR) is 32.9 cm³/mol. The summed E-state index contributed by atoms with van der Waals surface area (Å²) in [5, 5.41) is 7.83. The molecule has 0 aromatic rings. The molecule has 1 N–H and O–H groups in total. The molecule has 0 aliphatic carbocycles. The van der Waals surface area contributed by atoms with Crippen LogP contribution >= 0.6 is 23.2 Å². The van der Waals surface area contributed by atoms with Gasteiger partial charge in [0.15, 0.2) is 5.79 Å². The van der Waals surface area contributed by atoms with E-state index in [1.807, 2.05) is 0 Å². The minimum absolute atomic E-state index is 0.963. The van der Waals surface area contributed by atoms with Crippen LogP contribution in [0.1, 0.15) is 13.8 Å². The maximum absolute atomic E-state index is 8.80. The largest absolute Gasteiger partial charge is 0.366 e. The van der Waals surface area contributed by atoms with Gasteiger partial charge in [0.2, 0.25) is 5.02 Å². The Hall–Kier alpha value is 0.500. The fraction of sp³-hybridized carbons (Fsp3) is 1.00. The van der Waals surface area contributed by atoms with Crippen LogP contribution in [0.4, 0.5) is 0 Å². The molecule has 0 rings (SSSR count). The van der Waals surface area contributed by atoms with E-state index < -0.39 is 10.8 Å². The zero-order valence-corrected chi connectivity index (χ0v) is 6.20. The molecule has 0 heterocycles. The van der Waals surface area contributed by atoms with Crippen LogP contribution in [0.15, 0.2) is 0 Å². The van der Waals surface area contributed by atoms with E-state index in [0.717, 1.165) is 0 Å². The predicted octanol–water partition coefficient (Wildman–Crippen LogP) is 1.49. The van der Waals surface area contributed by atoms with Crippen LogP contribution in [-0.4, -0.2) is 15.9 Å². The highest BCUT2D eigenvalue weighted by atomic mass is 35.5. The number of aliphatic hydroxyl groups is 1. The Morgan fingerprint density at radius 1 is 1.50 bits per heavy atom. The van der Waals surface area contributed by atoms with Gasteiger partial charge in [-0.1, -0.05) is 23.2 Å². The lowest BCUT2D eigenvalue weighted by atomic mass is 10.4. The van der Waals surface area contributed by atoms with Gasteiger partial charge in [-0.15, -0.1) is 0 Å². The standard InChI is InChI=1S/C4H8Cl2O2/c1-4(2,7)8-3(5)6/h3,7H,1-2H3. The zero-order valence-electron chi connectivity index (χ0n) is 4.69. The summed E-state index contributed by atoms with van der Waals surface area (Å²) in [5.74, 6) is -1.24. The first-order valence-electron chi connectivity index (χ1n) is 2.10. The van der Waals surface area contributed by atoms with Crippen LogP contribution < -0.4 is 0 Å². The van der Waals surface area contributed by atoms with Crippen molar-refractivity contribution in [3.8, 4) is 0 Å². The van der Waals surface area contributed by atoms with Crippen molar-refractivity contribution in [1.29, 1.82) is 0 Å². The van der Waals surface area contributed by atoms with Gasteiger partial charge in [-0.25, -0.2) is 0 Å².